The Labute approximate surface area is 137 Å². The molecule has 2 aromatic carbocycles. The van der Waals surface area contributed by atoms with E-state index in [1.807, 2.05) is 24.3 Å². The predicted octanol–water partition coefficient (Wildman–Crippen LogP) is 5.51. The Bertz CT molecular complexity index is 604. The molecule has 0 aliphatic heterocycles. The van der Waals surface area contributed by atoms with Gasteiger partial charge in [-0.15, -0.1) is 0 Å². The zero-order valence-corrected chi connectivity index (χ0v) is 14.0. The van der Waals surface area contributed by atoms with Crippen molar-refractivity contribution in [2.24, 2.45) is 0 Å². The van der Waals surface area contributed by atoms with E-state index in [4.69, 9.17) is 27.9 Å². The number of hydrogen-bond donors (Lipinski definition) is 1. The molecule has 0 aliphatic carbocycles. The van der Waals surface area contributed by atoms with Gasteiger partial charge in [-0.05, 0) is 39.2 Å². The summed E-state index contributed by atoms with van der Waals surface area (Å²) in [5.74, 6) is 0. The Hall–Kier alpha value is -0.740. The molecule has 2 nitrogen and oxygen atoms in total. The molecule has 0 bridgehead atoms. The van der Waals surface area contributed by atoms with Crippen LogP contribution in [0, 0.1) is 0 Å². The van der Waals surface area contributed by atoms with Gasteiger partial charge in [-0.1, -0.05) is 47.5 Å². The number of anilines is 1. The number of nitrogens with one attached hydrogen (secondary N) is 1. The lowest BCUT2D eigenvalue weighted by Gasteiger charge is -2.13. The largest absolute Gasteiger partial charge is 0.380 e. The Morgan fingerprint density at radius 1 is 1.05 bits per heavy atom. The zero-order valence-electron chi connectivity index (χ0n) is 10.9. The van der Waals surface area contributed by atoms with Gasteiger partial charge in [0.2, 0.25) is 0 Å². The van der Waals surface area contributed by atoms with E-state index in [0.29, 0.717) is 23.2 Å². The molecule has 2 aromatic rings. The second-order valence-electron chi connectivity index (χ2n) is 4.28. The van der Waals surface area contributed by atoms with E-state index < -0.39 is 0 Å². The SMILES string of the molecule is COCc1ccccc1CNc1ccc(Br)c(Cl)c1Cl. The molecule has 106 valence electrons. The summed E-state index contributed by atoms with van der Waals surface area (Å²) < 4.78 is 5.98. The van der Waals surface area contributed by atoms with E-state index >= 15 is 0 Å². The highest BCUT2D eigenvalue weighted by molar-refractivity contribution is 9.10. The predicted molar refractivity (Wildman–Crippen MR) is 88.6 cm³/mol. The molecule has 2 rings (SSSR count). The summed E-state index contributed by atoms with van der Waals surface area (Å²) >= 11 is 15.7. The quantitative estimate of drug-likeness (QED) is 0.696. The maximum absolute atomic E-state index is 6.22. The molecule has 0 aromatic heterocycles. The fourth-order valence-electron chi connectivity index (χ4n) is 1.88. The van der Waals surface area contributed by atoms with Crippen molar-refractivity contribution in [1.82, 2.24) is 0 Å². The van der Waals surface area contributed by atoms with Crippen LogP contribution in [0.2, 0.25) is 10.0 Å². The van der Waals surface area contributed by atoms with Crippen molar-refractivity contribution in [2.45, 2.75) is 13.2 Å². The van der Waals surface area contributed by atoms with Crippen molar-refractivity contribution in [1.29, 1.82) is 0 Å². The maximum atomic E-state index is 6.22. The summed E-state index contributed by atoms with van der Waals surface area (Å²) in [6.07, 6.45) is 0. The molecule has 5 heteroatoms. The van der Waals surface area contributed by atoms with Gasteiger partial charge < -0.3 is 10.1 Å². The Morgan fingerprint density at radius 2 is 1.75 bits per heavy atom. The molecule has 0 fully saturated rings. The van der Waals surface area contributed by atoms with Gasteiger partial charge in [0.1, 0.15) is 0 Å². The third-order valence-electron chi connectivity index (χ3n) is 2.92. The second kappa shape index (κ2) is 7.32. The number of rotatable bonds is 5. The van der Waals surface area contributed by atoms with E-state index in [0.717, 1.165) is 15.7 Å². The molecular formula is C15H14BrCl2NO. The van der Waals surface area contributed by atoms with Gasteiger partial charge in [-0.25, -0.2) is 0 Å². The van der Waals surface area contributed by atoms with Crippen molar-refractivity contribution >= 4 is 44.8 Å². The van der Waals surface area contributed by atoms with Gasteiger partial charge in [0.05, 0.1) is 22.3 Å². The second-order valence-corrected chi connectivity index (χ2v) is 5.89. The van der Waals surface area contributed by atoms with Crippen LogP contribution in [0.1, 0.15) is 11.1 Å². The lowest BCUT2D eigenvalue weighted by Crippen LogP contribution is -2.04. The minimum atomic E-state index is 0.516. The Kier molecular flexibility index (Phi) is 5.73. The van der Waals surface area contributed by atoms with Crippen LogP contribution < -0.4 is 5.32 Å². The first-order valence-corrected chi connectivity index (χ1v) is 7.61. The average molecular weight is 375 g/mol. The fraction of sp³-hybridized carbons (Fsp3) is 0.200. The van der Waals surface area contributed by atoms with E-state index in [9.17, 15) is 0 Å². The summed E-state index contributed by atoms with van der Waals surface area (Å²) in [7, 11) is 1.69. The van der Waals surface area contributed by atoms with Gasteiger partial charge in [0.25, 0.3) is 0 Å². The number of benzene rings is 2. The Balaban J connectivity index is 2.15. The summed E-state index contributed by atoms with van der Waals surface area (Å²) in [4.78, 5) is 0. The van der Waals surface area contributed by atoms with Crippen LogP contribution in [0.5, 0.6) is 0 Å². The molecular weight excluding hydrogens is 361 g/mol. The lowest BCUT2D eigenvalue weighted by atomic mass is 10.1. The van der Waals surface area contributed by atoms with E-state index in [-0.39, 0.29) is 0 Å². The van der Waals surface area contributed by atoms with Gasteiger partial charge in [-0.3, -0.25) is 0 Å². The highest BCUT2D eigenvalue weighted by atomic mass is 79.9. The van der Waals surface area contributed by atoms with Crippen LogP contribution in [-0.4, -0.2) is 7.11 Å². The van der Waals surface area contributed by atoms with Crippen molar-refractivity contribution < 1.29 is 4.74 Å². The summed E-state index contributed by atoms with van der Waals surface area (Å²) in [6.45, 7) is 1.25. The highest BCUT2D eigenvalue weighted by Crippen LogP contribution is 2.36. The Morgan fingerprint density at radius 3 is 2.45 bits per heavy atom. The standard InChI is InChI=1S/C15H14BrCl2NO/c1-20-9-11-5-3-2-4-10(11)8-19-13-7-6-12(16)14(17)15(13)18/h2-7,19H,8-9H2,1H3. The molecule has 0 heterocycles. The first kappa shape index (κ1) is 15.6. The van der Waals surface area contributed by atoms with Gasteiger partial charge >= 0.3 is 0 Å². The maximum Gasteiger partial charge on any atom is 0.0835 e. The van der Waals surface area contributed by atoms with Crippen LogP contribution in [0.25, 0.3) is 0 Å². The van der Waals surface area contributed by atoms with Crippen LogP contribution in [-0.2, 0) is 17.9 Å². The van der Waals surface area contributed by atoms with E-state index in [2.05, 4.69) is 33.4 Å². The van der Waals surface area contributed by atoms with E-state index in [1.54, 1.807) is 7.11 Å². The first-order chi connectivity index (χ1) is 9.63. The van der Waals surface area contributed by atoms with Crippen molar-refractivity contribution in [3.05, 3.63) is 62.0 Å². The molecule has 0 unspecified atom stereocenters. The molecule has 0 saturated heterocycles. The molecule has 0 saturated carbocycles. The highest BCUT2D eigenvalue weighted by Gasteiger charge is 2.09. The van der Waals surface area contributed by atoms with Gasteiger partial charge in [0, 0.05) is 18.1 Å². The third kappa shape index (κ3) is 3.67. The number of ether oxygens (including phenoxy) is 1. The number of halogens is 3. The van der Waals surface area contributed by atoms with Crippen molar-refractivity contribution in [2.75, 3.05) is 12.4 Å². The van der Waals surface area contributed by atoms with Crippen LogP contribution >= 0.6 is 39.1 Å². The van der Waals surface area contributed by atoms with Crippen LogP contribution in [0.3, 0.4) is 0 Å². The molecule has 0 aliphatic rings. The van der Waals surface area contributed by atoms with Gasteiger partial charge in [0.15, 0.2) is 0 Å². The van der Waals surface area contributed by atoms with Crippen LogP contribution in [0.4, 0.5) is 5.69 Å². The zero-order chi connectivity index (χ0) is 14.5. The van der Waals surface area contributed by atoms with E-state index in [1.165, 1.54) is 5.56 Å². The molecule has 0 radical (unpaired) electrons. The third-order valence-corrected chi connectivity index (χ3v) is 4.69. The minimum Gasteiger partial charge on any atom is -0.380 e. The monoisotopic (exact) mass is 373 g/mol. The summed E-state index contributed by atoms with van der Waals surface area (Å²) in [6, 6.07) is 11.9. The molecule has 0 atom stereocenters. The number of methoxy groups -OCH3 is 1. The molecule has 0 amide bonds. The van der Waals surface area contributed by atoms with Crippen LogP contribution in [0.15, 0.2) is 40.9 Å². The van der Waals surface area contributed by atoms with Crippen molar-refractivity contribution in [3.63, 3.8) is 0 Å². The lowest BCUT2D eigenvalue weighted by molar-refractivity contribution is 0.184. The summed E-state index contributed by atoms with van der Waals surface area (Å²) in [5.41, 5.74) is 3.14. The molecule has 0 spiro atoms. The molecule has 20 heavy (non-hydrogen) atoms. The average Bonchev–Trinajstić information content (AvgIpc) is 2.46. The molecule has 1 N–H and O–H groups in total. The summed E-state index contributed by atoms with van der Waals surface area (Å²) in [5, 5.41) is 4.34. The van der Waals surface area contributed by atoms with Crippen molar-refractivity contribution in [3.8, 4) is 0 Å². The topological polar surface area (TPSA) is 21.3 Å². The first-order valence-electron chi connectivity index (χ1n) is 6.06. The fourth-order valence-corrected chi connectivity index (χ4v) is 2.72. The smallest absolute Gasteiger partial charge is 0.0835 e. The minimum absolute atomic E-state index is 0.516. The van der Waals surface area contributed by atoms with Gasteiger partial charge in [-0.2, -0.15) is 0 Å². The normalized spacial score (nSPS) is 10.6. The number of hydrogen-bond acceptors (Lipinski definition) is 2.